The molecule has 0 spiro atoms. The van der Waals surface area contributed by atoms with Crippen LogP contribution in [0, 0.1) is 12.7 Å². The van der Waals surface area contributed by atoms with Crippen molar-refractivity contribution in [2.45, 2.75) is 13.5 Å². The number of rotatable bonds is 2. The molecule has 0 unspecified atom stereocenters. The number of anilines is 1. The Labute approximate surface area is 87.3 Å². The minimum Gasteiger partial charge on any atom is -0.384 e. The van der Waals surface area contributed by atoms with Crippen LogP contribution in [0.4, 0.5) is 10.2 Å². The van der Waals surface area contributed by atoms with Crippen LogP contribution in [0.1, 0.15) is 11.3 Å². The van der Waals surface area contributed by atoms with Gasteiger partial charge in [-0.3, -0.25) is 0 Å². The van der Waals surface area contributed by atoms with Crippen molar-refractivity contribution in [3.63, 3.8) is 0 Å². The van der Waals surface area contributed by atoms with Crippen LogP contribution in [-0.2, 0) is 6.54 Å². The fraction of sp³-hybridized carbons (Fsp3) is 0.182. The summed E-state index contributed by atoms with van der Waals surface area (Å²) in [6.45, 7) is 2.46. The highest BCUT2D eigenvalue weighted by Crippen LogP contribution is 2.10. The lowest BCUT2D eigenvalue weighted by atomic mass is 10.2. The smallest absolute Gasteiger partial charge is 0.123 e. The van der Waals surface area contributed by atoms with E-state index in [1.54, 1.807) is 16.8 Å². The molecule has 0 fully saturated rings. The summed E-state index contributed by atoms with van der Waals surface area (Å²) in [6.07, 6.45) is 0. The Morgan fingerprint density at radius 3 is 2.53 bits per heavy atom. The van der Waals surface area contributed by atoms with Crippen LogP contribution in [-0.4, -0.2) is 9.78 Å². The van der Waals surface area contributed by atoms with E-state index in [1.165, 1.54) is 12.1 Å². The Kier molecular flexibility index (Phi) is 2.41. The second kappa shape index (κ2) is 3.73. The van der Waals surface area contributed by atoms with Gasteiger partial charge in [-0.1, -0.05) is 12.1 Å². The van der Waals surface area contributed by atoms with Gasteiger partial charge in [-0.25, -0.2) is 9.07 Å². The number of aromatic nitrogens is 2. The molecule has 1 aromatic carbocycles. The van der Waals surface area contributed by atoms with Crippen LogP contribution in [0.15, 0.2) is 30.3 Å². The Morgan fingerprint density at radius 1 is 1.33 bits per heavy atom. The summed E-state index contributed by atoms with van der Waals surface area (Å²) in [7, 11) is 0. The van der Waals surface area contributed by atoms with Gasteiger partial charge < -0.3 is 5.73 Å². The molecule has 0 aliphatic heterocycles. The van der Waals surface area contributed by atoms with Crippen molar-refractivity contribution in [3.8, 4) is 0 Å². The summed E-state index contributed by atoms with van der Waals surface area (Å²) >= 11 is 0. The number of hydrogen-bond donors (Lipinski definition) is 1. The first-order valence-electron chi connectivity index (χ1n) is 4.69. The predicted molar refractivity (Wildman–Crippen MR) is 56.9 cm³/mol. The van der Waals surface area contributed by atoms with Gasteiger partial charge in [-0.05, 0) is 24.6 Å². The van der Waals surface area contributed by atoms with Crippen LogP contribution in [0.25, 0.3) is 0 Å². The van der Waals surface area contributed by atoms with Gasteiger partial charge in [0.15, 0.2) is 0 Å². The first kappa shape index (κ1) is 9.71. The highest BCUT2D eigenvalue weighted by molar-refractivity contribution is 5.31. The zero-order valence-corrected chi connectivity index (χ0v) is 8.44. The van der Waals surface area contributed by atoms with E-state index >= 15 is 0 Å². The van der Waals surface area contributed by atoms with Gasteiger partial charge in [0.2, 0.25) is 0 Å². The SMILES string of the molecule is Cc1cc(N)n(Cc2ccc(F)cc2)n1. The Bertz CT molecular complexity index is 459. The molecule has 2 rings (SSSR count). The van der Waals surface area contributed by atoms with Gasteiger partial charge in [0.1, 0.15) is 11.6 Å². The van der Waals surface area contributed by atoms with E-state index in [2.05, 4.69) is 5.10 Å². The molecule has 0 saturated heterocycles. The number of aryl methyl sites for hydroxylation is 1. The molecule has 78 valence electrons. The molecule has 4 heteroatoms. The van der Waals surface area contributed by atoms with Crippen molar-refractivity contribution >= 4 is 5.82 Å². The summed E-state index contributed by atoms with van der Waals surface area (Å²) < 4.78 is 14.4. The van der Waals surface area contributed by atoms with Crippen molar-refractivity contribution in [1.29, 1.82) is 0 Å². The van der Waals surface area contributed by atoms with E-state index in [-0.39, 0.29) is 5.82 Å². The summed E-state index contributed by atoms with van der Waals surface area (Å²) in [6, 6.07) is 8.13. The molecule has 2 N–H and O–H groups in total. The molecule has 0 atom stereocenters. The average Bonchev–Trinajstić information content (AvgIpc) is 2.49. The summed E-state index contributed by atoms with van der Waals surface area (Å²) in [4.78, 5) is 0. The molecular formula is C11H12FN3. The van der Waals surface area contributed by atoms with Crippen LogP contribution < -0.4 is 5.73 Å². The Morgan fingerprint density at radius 2 is 2.00 bits per heavy atom. The molecule has 0 radical (unpaired) electrons. The van der Waals surface area contributed by atoms with E-state index in [4.69, 9.17) is 5.73 Å². The van der Waals surface area contributed by atoms with E-state index in [0.29, 0.717) is 12.4 Å². The van der Waals surface area contributed by atoms with Crippen molar-refractivity contribution in [1.82, 2.24) is 9.78 Å². The van der Waals surface area contributed by atoms with Crippen molar-refractivity contribution < 1.29 is 4.39 Å². The number of halogens is 1. The maximum atomic E-state index is 12.7. The van der Waals surface area contributed by atoms with E-state index in [1.807, 2.05) is 13.0 Å². The van der Waals surface area contributed by atoms with Gasteiger partial charge >= 0.3 is 0 Å². The highest BCUT2D eigenvalue weighted by Gasteiger charge is 2.02. The molecule has 0 aliphatic rings. The lowest BCUT2D eigenvalue weighted by Gasteiger charge is -2.03. The molecule has 0 saturated carbocycles. The van der Waals surface area contributed by atoms with E-state index in [0.717, 1.165) is 11.3 Å². The number of nitrogens with zero attached hydrogens (tertiary/aromatic N) is 2. The quantitative estimate of drug-likeness (QED) is 0.814. The van der Waals surface area contributed by atoms with Crippen molar-refractivity contribution in [2.75, 3.05) is 5.73 Å². The predicted octanol–water partition coefficient (Wildman–Crippen LogP) is 1.96. The number of hydrogen-bond acceptors (Lipinski definition) is 2. The normalized spacial score (nSPS) is 10.5. The lowest BCUT2D eigenvalue weighted by Crippen LogP contribution is -2.05. The maximum absolute atomic E-state index is 12.7. The average molecular weight is 205 g/mol. The molecule has 1 heterocycles. The van der Waals surface area contributed by atoms with Gasteiger partial charge in [0.25, 0.3) is 0 Å². The molecule has 0 amide bonds. The van der Waals surface area contributed by atoms with Gasteiger partial charge in [-0.2, -0.15) is 5.10 Å². The van der Waals surface area contributed by atoms with Crippen molar-refractivity contribution in [3.05, 3.63) is 47.4 Å². The van der Waals surface area contributed by atoms with Gasteiger partial charge in [-0.15, -0.1) is 0 Å². The van der Waals surface area contributed by atoms with Crippen LogP contribution in [0.5, 0.6) is 0 Å². The minimum atomic E-state index is -0.233. The number of nitrogens with two attached hydrogens (primary N) is 1. The minimum absolute atomic E-state index is 0.233. The third kappa shape index (κ3) is 2.15. The molecule has 15 heavy (non-hydrogen) atoms. The zero-order chi connectivity index (χ0) is 10.8. The first-order chi connectivity index (χ1) is 7.15. The van der Waals surface area contributed by atoms with Crippen LogP contribution >= 0.6 is 0 Å². The fourth-order valence-electron chi connectivity index (χ4n) is 1.45. The van der Waals surface area contributed by atoms with Crippen LogP contribution in [0.3, 0.4) is 0 Å². The third-order valence-electron chi connectivity index (χ3n) is 2.18. The highest BCUT2D eigenvalue weighted by atomic mass is 19.1. The second-order valence-corrected chi connectivity index (χ2v) is 3.49. The van der Waals surface area contributed by atoms with Gasteiger partial charge in [0.05, 0.1) is 12.2 Å². The summed E-state index contributed by atoms with van der Waals surface area (Å²) in [5.74, 6) is 0.389. The fourth-order valence-corrected chi connectivity index (χ4v) is 1.45. The maximum Gasteiger partial charge on any atom is 0.123 e. The van der Waals surface area contributed by atoms with Crippen molar-refractivity contribution in [2.24, 2.45) is 0 Å². The summed E-state index contributed by atoms with van der Waals surface area (Å²) in [5.41, 5.74) is 7.61. The first-order valence-corrected chi connectivity index (χ1v) is 4.69. The monoisotopic (exact) mass is 205 g/mol. The largest absolute Gasteiger partial charge is 0.384 e. The topological polar surface area (TPSA) is 43.8 Å². The van der Waals surface area contributed by atoms with E-state index < -0.39 is 0 Å². The van der Waals surface area contributed by atoms with Crippen LogP contribution in [0.2, 0.25) is 0 Å². The third-order valence-corrected chi connectivity index (χ3v) is 2.18. The molecular weight excluding hydrogens is 193 g/mol. The zero-order valence-electron chi connectivity index (χ0n) is 8.44. The molecule has 0 bridgehead atoms. The Balaban J connectivity index is 2.21. The molecule has 1 aromatic heterocycles. The molecule has 2 aromatic rings. The number of benzene rings is 1. The van der Waals surface area contributed by atoms with E-state index in [9.17, 15) is 4.39 Å². The van der Waals surface area contributed by atoms with Gasteiger partial charge in [0, 0.05) is 6.07 Å². The molecule has 3 nitrogen and oxygen atoms in total. The second-order valence-electron chi connectivity index (χ2n) is 3.49. The Hall–Kier alpha value is -1.84. The number of nitrogen functional groups attached to an aromatic ring is 1. The lowest BCUT2D eigenvalue weighted by molar-refractivity contribution is 0.624. The molecule has 0 aliphatic carbocycles. The standard InChI is InChI=1S/C11H12FN3/c1-8-6-11(13)15(14-8)7-9-2-4-10(12)5-3-9/h2-6H,7,13H2,1H3. The summed E-state index contributed by atoms with van der Waals surface area (Å²) in [5, 5.41) is 4.23.